The molecule has 1 fully saturated rings. The van der Waals surface area contributed by atoms with Crippen LogP contribution in [0.2, 0.25) is 0 Å². The maximum Gasteiger partial charge on any atom is 0.337 e. The minimum atomic E-state index is -0.462. The predicted octanol–water partition coefficient (Wildman–Crippen LogP) is 3.63. The molecule has 1 aliphatic carbocycles. The van der Waals surface area contributed by atoms with Crippen molar-refractivity contribution in [3.8, 4) is 0 Å². The number of carbonyl (C=O) groups excluding carboxylic acids is 3. The first-order valence-electron chi connectivity index (χ1n) is 8.80. The van der Waals surface area contributed by atoms with Crippen molar-refractivity contribution in [3.05, 3.63) is 59.2 Å². The third kappa shape index (κ3) is 4.34. The molecule has 2 N–H and O–H groups in total. The predicted molar refractivity (Wildman–Crippen MR) is 103 cm³/mol. The Morgan fingerprint density at radius 2 is 1.63 bits per heavy atom. The maximum atomic E-state index is 12.5. The molecule has 0 radical (unpaired) electrons. The van der Waals surface area contributed by atoms with Crippen molar-refractivity contribution >= 4 is 29.2 Å². The molecule has 2 amide bonds. The van der Waals surface area contributed by atoms with Crippen LogP contribution < -0.4 is 10.6 Å². The Bertz CT molecular complexity index is 890. The molecule has 140 valence electrons. The zero-order valence-electron chi connectivity index (χ0n) is 15.5. The first kappa shape index (κ1) is 18.6. The van der Waals surface area contributed by atoms with Gasteiger partial charge in [-0.15, -0.1) is 0 Å². The summed E-state index contributed by atoms with van der Waals surface area (Å²) < 4.78 is 4.71. The van der Waals surface area contributed by atoms with Crippen LogP contribution in [0.15, 0.2) is 42.5 Å². The van der Waals surface area contributed by atoms with Crippen LogP contribution >= 0.6 is 0 Å². The molecule has 2 aromatic carbocycles. The Hall–Kier alpha value is -3.15. The summed E-state index contributed by atoms with van der Waals surface area (Å²) in [6, 6.07) is 11.7. The number of aryl methyl sites for hydroxylation is 1. The number of benzene rings is 2. The lowest BCUT2D eigenvalue weighted by Crippen LogP contribution is -2.15. The molecule has 27 heavy (non-hydrogen) atoms. The number of anilines is 2. The highest BCUT2D eigenvalue weighted by Gasteiger charge is 2.39. The first-order chi connectivity index (χ1) is 12.9. The molecule has 0 saturated heterocycles. The Labute approximate surface area is 157 Å². The number of hydrogen-bond donors (Lipinski definition) is 2. The summed E-state index contributed by atoms with van der Waals surface area (Å²) in [4.78, 5) is 36.1. The lowest BCUT2D eigenvalue weighted by molar-refractivity contribution is -0.117. The van der Waals surface area contributed by atoms with Gasteiger partial charge in [0.25, 0.3) is 5.91 Å². The average molecular weight is 366 g/mol. The van der Waals surface area contributed by atoms with Crippen molar-refractivity contribution in [1.29, 1.82) is 0 Å². The average Bonchev–Trinajstić information content (AvgIpc) is 3.40. The van der Waals surface area contributed by atoms with Crippen molar-refractivity contribution in [2.45, 2.75) is 20.3 Å². The van der Waals surface area contributed by atoms with Crippen molar-refractivity contribution in [2.24, 2.45) is 11.8 Å². The molecule has 6 nitrogen and oxygen atoms in total. The van der Waals surface area contributed by atoms with Gasteiger partial charge in [0.2, 0.25) is 5.91 Å². The number of hydrogen-bond acceptors (Lipinski definition) is 4. The standard InChI is InChI=1S/C21H22N2O4/c1-12-4-5-15(21(26)27-3)11-18(12)23-19(24)14-6-8-16(9-7-14)22-20(25)17-10-13(17)2/h4-9,11,13,17H,10H2,1-3H3,(H,22,25)(H,23,24). The molecule has 2 atom stereocenters. The fourth-order valence-corrected chi connectivity index (χ4v) is 2.82. The van der Waals surface area contributed by atoms with Gasteiger partial charge in [-0.05, 0) is 61.2 Å². The van der Waals surface area contributed by atoms with Gasteiger partial charge >= 0.3 is 5.97 Å². The fraction of sp³-hybridized carbons (Fsp3) is 0.286. The topological polar surface area (TPSA) is 84.5 Å². The van der Waals surface area contributed by atoms with Crippen molar-refractivity contribution < 1.29 is 19.1 Å². The molecule has 0 heterocycles. The number of rotatable bonds is 5. The van der Waals surface area contributed by atoms with E-state index in [4.69, 9.17) is 4.74 Å². The van der Waals surface area contributed by atoms with Crippen LogP contribution in [0, 0.1) is 18.8 Å². The van der Waals surface area contributed by atoms with E-state index in [1.807, 2.05) is 6.92 Å². The quantitative estimate of drug-likeness (QED) is 0.792. The molecule has 0 bridgehead atoms. The fourth-order valence-electron chi connectivity index (χ4n) is 2.82. The minimum absolute atomic E-state index is 0.0231. The van der Waals surface area contributed by atoms with Crippen LogP contribution in [0.25, 0.3) is 0 Å². The van der Waals surface area contributed by atoms with Crippen molar-refractivity contribution in [1.82, 2.24) is 0 Å². The zero-order chi connectivity index (χ0) is 19.6. The molecule has 2 aromatic rings. The van der Waals surface area contributed by atoms with Gasteiger partial charge in [-0.2, -0.15) is 0 Å². The van der Waals surface area contributed by atoms with Gasteiger partial charge in [-0.25, -0.2) is 4.79 Å². The summed E-state index contributed by atoms with van der Waals surface area (Å²) in [5.41, 5.74) is 2.86. The largest absolute Gasteiger partial charge is 0.465 e. The molecule has 0 spiro atoms. The van der Waals surface area contributed by atoms with E-state index in [0.717, 1.165) is 12.0 Å². The Kier molecular flexibility index (Phi) is 5.26. The van der Waals surface area contributed by atoms with Gasteiger partial charge in [-0.1, -0.05) is 13.0 Å². The normalized spacial score (nSPS) is 17.7. The van der Waals surface area contributed by atoms with Crippen LogP contribution in [0.1, 0.15) is 39.6 Å². The molecular formula is C21H22N2O4. The summed E-state index contributed by atoms with van der Waals surface area (Å²) in [7, 11) is 1.31. The monoisotopic (exact) mass is 366 g/mol. The summed E-state index contributed by atoms with van der Waals surface area (Å²) in [5.74, 6) is -0.198. The second-order valence-electron chi connectivity index (χ2n) is 6.86. The van der Waals surface area contributed by atoms with E-state index in [1.165, 1.54) is 7.11 Å². The van der Waals surface area contributed by atoms with Gasteiger partial charge in [0.05, 0.1) is 12.7 Å². The van der Waals surface area contributed by atoms with E-state index < -0.39 is 5.97 Å². The molecular weight excluding hydrogens is 344 g/mol. The summed E-state index contributed by atoms with van der Waals surface area (Å²) in [6.07, 6.45) is 0.927. The van der Waals surface area contributed by atoms with Gasteiger partial charge in [0.15, 0.2) is 0 Å². The van der Waals surface area contributed by atoms with Crippen LogP contribution in [-0.2, 0) is 9.53 Å². The lowest BCUT2D eigenvalue weighted by Gasteiger charge is -2.11. The highest BCUT2D eigenvalue weighted by Crippen LogP contribution is 2.38. The zero-order valence-corrected chi connectivity index (χ0v) is 15.5. The van der Waals surface area contributed by atoms with E-state index >= 15 is 0 Å². The molecule has 0 aliphatic heterocycles. The molecule has 6 heteroatoms. The Morgan fingerprint density at radius 1 is 1.00 bits per heavy atom. The van der Waals surface area contributed by atoms with Crippen molar-refractivity contribution in [2.75, 3.05) is 17.7 Å². The minimum Gasteiger partial charge on any atom is -0.465 e. The van der Waals surface area contributed by atoms with E-state index in [-0.39, 0.29) is 17.7 Å². The van der Waals surface area contributed by atoms with E-state index in [2.05, 4.69) is 17.6 Å². The molecule has 2 unspecified atom stereocenters. The third-order valence-corrected chi connectivity index (χ3v) is 4.77. The summed E-state index contributed by atoms with van der Waals surface area (Å²) in [6.45, 7) is 3.89. The van der Waals surface area contributed by atoms with Crippen LogP contribution in [-0.4, -0.2) is 24.9 Å². The molecule has 0 aromatic heterocycles. The van der Waals surface area contributed by atoms with Crippen LogP contribution in [0.5, 0.6) is 0 Å². The van der Waals surface area contributed by atoms with Crippen LogP contribution in [0.4, 0.5) is 11.4 Å². The highest BCUT2D eigenvalue weighted by molar-refractivity contribution is 6.05. The van der Waals surface area contributed by atoms with Gasteiger partial charge in [0, 0.05) is 22.9 Å². The SMILES string of the molecule is COC(=O)c1ccc(C)c(NC(=O)c2ccc(NC(=O)C3CC3C)cc2)c1. The third-order valence-electron chi connectivity index (χ3n) is 4.77. The second kappa shape index (κ2) is 7.61. The number of carbonyl (C=O) groups is 3. The van der Waals surface area contributed by atoms with Gasteiger partial charge < -0.3 is 15.4 Å². The number of nitrogens with one attached hydrogen (secondary N) is 2. The van der Waals surface area contributed by atoms with E-state index in [0.29, 0.717) is 28.4 Å². The highest BCUT2D eigenvalue weighted by atomic mass is 16.5. The number of esters is 1. The first-order valence-corrected chi connectivity index (χ1v) is 8.80. The van der Waals surface area contributed by atoms with E-state index in [1.54, 1.807) is 42.5 Å². The number of amides is 2. The lowest BCUT2D eigenvalue weighted by atomic mass is 10.1. The molecule has 1 saturated carbocycles. The molecule has 3 rings (SSSR count). The summed E-state index contributed by atoms with van der Waals surface area (Å²) >= 11 is 0. The maximum absolute atomic E-state index is 12.5. The Morgan fingerprint density at radius 3 is 2.22 bits per heavy atom. The Balaban J connectivity index is 1.67. The second-order valence-corrected chi connectivity index (χ2v) is 6.86. The smallest absolute Gasteiger partial charge is 0.337 e. The van der Waals surface area contributed by atoms with E-state index in [9.17, 15) is 14.4 Å². The van der Waals surface area contributed by atoms with Gasteiger partial charge in [0.1, 0.15) is 0 Å². The number of methoxy groups -OCH3 is 1. The summed E-state index contributed by atoms with van der Waals surface area (Å²) in [5, 5.41) is 5.67. The number of ether oxygens (including phenoxy) is 1. The van der Waals surface area contributed by atoms with Crippen LogP contribution in [0.3, 0.4) is 0 Å². The molecule has 1 aliphatic rings. The van der Waals surface area contributed by atoms with Crippen molar-refractivity contribution in [3.63, 3.8) is 0 Å². The van der Waals surface area contributed by atoms with Gasteiger partial charge in [-0.3, -0.25) is 9.59 Å².